The number of halogens is 1. The highest BCUT2D eigenvalue weighted by Gasteiger charge is 2.54. The van der Waals surface area contributed by atoms with Crippen molar-refractivity contribution < 1.29 is 24.2 Å². The molecule has 0 saturated heterocycles. The molecule has 1 saturated carbocycles. The molecule has 9 nitrogen and oxygen atoms in total. The van der Waals surface area contributed by atoms with Crippen LogP contribution in [0.15, 0.2) is 24.5 Å². The van der Waals surface area contributed by atoms with Gasteiger partial charge in [0.2, 0.25) is 5.91 Å². The molecule has 0 unspecified atom stereocenters. The van der Waals surface area contributed by atoms with Crippen molar-refractivity contribution in [3.8, 4) is 5.75 Å². The van der Waals surface area contributed by atoms with E-state index in [2.05, 4.69) is 27.8 Å². The summed E-state index contributed by atoms with van der Waals surface area (Å²) in [4.78, 5) is 33.6. The normalized spacial score (nSPS) is 16.4. The molecule has 1 amide bonds. The summed E-state index contributed by atoms with van der Waals surface area (Å²) in [5, 5.41) is 16.0. The zero-order valence-corrected chi connectivity index (χ0v) is 21.3. The van der Waals surface area contributed by atoms with E-state index in [0.29, 0.717) is 35.8 Å². The summed E-state index contributed by atoms with van der Waals surface area (Å²) in [5.41, 5.74) is 2.02. The topological polar surface area (TPSA) is 123 Å². The quantitative estimate of drug-likeness (QED) is 0.345. The number of ether oxygens (including phenoxy) is 2. The zero-order chi connectivity index (χ0) is 25.5. The Balaban J connectivity index is 1.20. The van der Waals surface area contributed by atoms with E-state index in [1.165, 1.54) is 25.1 Å². The van der Waals surface area contributed by atoms with E-state index in [1.807, 2.05) is 0 Å². The second kappa shape index (κ2) is 11.9. The van der Waals surface area contributed by atoms with Gasteiger partial charge in [0, 0.05) is 43.6 Å². The van der Waals surface area contributed by atoms with E-state index in [4.69, 9.17) is 26.1 Å². The van der Waals surface area contributed by atoms with Crippen LogP contribution in [0, 0.1) is 0 Å². The Morgan fingerprint density at radius 1 is 1.25 bits per heavy atom. The van der Waals surface area contributed by atoms with Crippen molar-refractivity contribution in [2.24, 2.45) is 0 Å². The standard InChI is InChI=1S/C26H33ClN4O5/c1-35-21-16-28-15-19(27)22(21)26(10-11-26)25(34)31-20(24(32)33)9-14-36-13-3-2-6-18-8-7-17-5-4-12-29-23(17)30-18/h7-8,15-16,20H,2-6,9-14H2,1H3,(H,29,30)(H,31,34)(H,32,33)/t20-/m0/s1. The lowest BCUT2D eigenvalue weighted by molar-refractivity contribution is -0.142. The molecule has 4 rings (SSSR count). The SMILES string of the molecule is COc1cncc(Cl)c1C1(C(=O)N[C@@H](CCOCCCCc2ccc3c(n2)NCCC3)C(=O)O)CC1. The zero-order valence-electron chi connectivity index (χ0n) is 20.5. The van der Waals surface area contributed by atoms with Gasteiger partial charge in [0.15, 0.2) is 0 Å². The number of unbranched alkanes of at least 4 members (excludes halogenated alkanes) is 1. The number of carboxylic acids is 1. The third-order valence-corrected chi connectivity index (χ3v) is 7.11. The number of carbonyl (C=O) groups excluding carboxylic acids is 1. The number of amides is 1. The van der Waals surface area contributed by atoms with E-state index in [1.54, 1.807) is 0 Å². The number of fused-ring (bicyclic) bond motifs is 1. The van der Waals surface area contributed by atoms with Crippen LogP contribution in [0.5, 0.6) is 5.75 Å². The third-order valence-electron chi connectivity index (χ3n) is 6.83. The number of carboxylic acid groups (broad SMARTS) is 1. The second-order valence-electron chi connectivity index (χ2n) is 9.34. The Kier molecular flexibility index (Phi) is 8.64. The predicted octanol–water partition coefficient (Wildman–Crippen LogP) is 3.53. The fraction of sp³-hybridized carbons (Fsp3) is 0.538. The number of nitrogens with zero attached hydrogens (tertiary/aromatic N) is 2. The van der Waals surface area contributed by atoms with Crippen LogP contribution in [0.4, 0.5) is 5.82 Å². The van der Waals surface area contributed by atoms with Crippen molar-refractivity contribution in [2.75, 3.05) is 32.2 Å². The molecule has 0 bridgehead atoms. The first kappa shape index (κ1) is 26.2. The minimum Gasteiger partial charge on any atom is -0.495 e. The maximum atomic E-state index is 13.1. The van der Waals surface area contributed by atoms with Gasteiger partial charge >= 0.3 is 5.97 Å². The van der Waals surface area contributed by atoms with Crippen LogP contribution in [0.25, 0.3) is 0 Å². The van der Waals surface area contributed by atoms with Gasteiger partial charge in [-0.05, 0) is 56.6 Å². The van der Waals surface area contributed by atoms with E-state index in [9.17, 15) is 14.7 Å². The summed E-state index contributed by atoms with van der Waals surface area (Å²) < 4.78 is 11.0. The van der Waals surface area contributed by atoms with Gasteiger partial charge in [0.05, 0.1) is 23.7 Å². The van der Waals surface area contributed by atoms with Gasteiger partial charge in [-0.3, -0.25) is 9.78 Å². The van der Waals surface area contributed by atoms with Crippen molar-refractivity contribution in [1.82, 2.24) is 15.3 Å². The van der Waals surface area contributed by atoms with Crippen LogP contribution >= 0.6 is 11.6 Å². The molecule has 0 aromatic carbocycles. The lowest BCUT2D eigenvalue weighted by Gasteiger charge is -2.22. The fourth-order valence-electron chi connectivity index (χ4n) is 4.63. The Bertz CT molecular complexity index is 1090. The van der Waals surface area contributed by atoms with E-state index in [0.717, 1.165) is 50.2 Å². The second-order valence-corrected chi connectivity index (χ2v) is 9.75. The van der Waals surface area contributed by atoms with Crippen LogP contribution in [0.3, 0.4) is 0 Å². The number of hydrogen-bond donors (Lipinski definition) is 3. The van der Waals surface area contributed by atoms with Crippen LogP contribution in [0.2, 0.25) is 5.02 Å². The highest BCUT2D eigenvalue weighted by Crippen LogP contribution is 2.53. The summed E-state index contributed by atoms with van der Waals surface area (Å²) in [6, 6.07) is 3.20. The highest BCUT2D eigenvalue weighted by molar-refractivity contribution is 6.32. The maximum absolute atomic E-state index is 13.1. The average Bonchev–Trinajstić information content (AvgIpc) is 3.68. The number of nitrogens with one attached hydrogen (secondary N) is 2. The highest BCUT2D eigenvalue weighted by atomic mass is 35.5. The molecule has 2 aliphatic rings. The predicted molar refractivity (Wildman–Crippen MR) is 136 cm³/mol. The van der Waals surface area contributed by atoms with Crippen LogP contribution in [-0.4, -0.2) is 59.9 Å². The Morgan fingerprint density at radius 3 is 2.83 bits per heavy atom. The first-order valence-corrected chi connectivity index (χ1v) is 12.8. The number of aromatic nitrogens is 2. The van der Waals surface area contributed by atoms with Crippen molar-refractivity contribution in [2.45, 2.75) is 62.8 Å². The first-order valence-electron chi connectivity index (χ1n) is 12.5. The molecule has 194 valence electrons. The van der Waals surface area contributed by atoms with Gasteiger partial charge in [-0.1, -0.05) is 17.7 Å². The molecule has 2 aromatic rings. The fourth-order valence-corrected chi connectivity index (χ4v) is 4.96. The summed E-state index contributed by atoms with van der Waals surface area (Å²) in [7, 11) is 1.49. The van der Waals surface area contributed by atoms with Crippen molar-refractivity contribution in [3.63, 3.8) is 0 Å². The Hall–Kier alpha value is -2.91. The first-order chi connectivity index (χ1) is 17.4. The molecule has 36 heavy (non-hydrogen) atoms. The van der Waals surface area contributed by atoms with Gasteiger partial charge in [-0.2, -0.15) is 0 Å². The molecule has 1 atom stereocenters. The molecule has 1 aliphatic heterocycles. The van der Waals surface area contributed by atoms with Crippen molar-refractivity contribution >= 4 is 29.3 Å². The number of anilines is 1. The minimum atomic E-state index is -1.09. The summed E-state index contributed by atoms with van der Waals surface area (Å²) in [6.07, 6.45) is 9.16. The van der Waals surface area contributed by atoms with Crippen LogP contribution in [-0.2, 0) is 32.6 Å². The van der Waals surface area contributed by atoms with Crippen LogP contribution < -0.4 is 15.4 Å². The third kappa shape index (κ3) is 6.07. The van der Waals surface area contributed by atoms with Gasteiger partial charge in [0.1, 0.15) is 17.6 Å². The van der Waals surface area contributed by atoms with Crippen LogP contribution in [0.1, 0.15) is 55.3 Å². The lowest BCUT2D eigenvalue weighted by atomic mass is 9.94. The number of hydrogen-bond acceptors (Lipinski definition) is 7. The van der Waals surface area contributed by atoms with E-state index < -0.39 is 17.4 Å². The molecule has 3 N–H and O–H groups in total. The Morgan fingerprint density at radius 2 is 2.08 bits per heavy atom. The average molecular weight is 517 g/mol. The summed E-state index contributed by atoms with van der Waals surface area (Å²) in [6.45, 7) is 1.74. The monoisotopic (exact) mass is 516 g/mol. The van der Waals surface area contributed by atoms with Crippen molar-refractivity contribution in [3.05, 3.63) is 46.4 Å². The maximum Gasteiger partial charge on any atom is 0.326 e. The van der Waals surface area contributed by atoms with E-state index >= 15 is 0 Å². The smallest absolute Gasteiger partial charge is 0.326 e. The minimum absolute atomic E-state index is 0.177. The number of rotatable bonds is 13. The molecule has 2 aromatic heterocycles. The van der Waals surface area contributed by atoms with Crippen molar-refractivity contribution in [1.29, 1.82) is 0 Å². The van der Waals surface area contributed by atoms with Gasteiger partial charge in [-0.25, -0.2) is 9.78 Å². The molecule has 1 fully saturated rings. The number of pyridine rings is 2. The molecule has 0 spiro atoms. The molecule has 1 aliphatic carbocycles. The van der Waals surface area contributed by atoms with Gasteiger partial charge in [-0.15, -0.1) is 0 Å². The van der Waals surface area contributed by atoms with Gasteiger partial charge in [0.25, 0.3) is 0 Å². The summed E-state index contributed by atoms with van der Waals surface area (Å²) in [5.74, 6) is -0.0300. The molecular weight excluding hydrogens is 484 g/mol. The Labute approximate surface area is 216 Å². The number of aliphatic carboxylic acids is 1. The van der Waals surface area contributed by atoms with Gasteiger partial charge < -0.3 is 25.2 Å². The molecule has 3 heterocycles. The number of aryl methyl sites for hydroxylation is 2. The lowest BCUT2D eigenvalue weighted by Crippen LogP contribution is -2.46. The number of carbonyl (C=O) groups is 2. The molecular formula is C26H33ClN4O5. The largest absolute Gasteiger partial charge is 0.495 e. The molecule has 0 radical (unpaired) electrons. The molecule has 10 heteroatoms. The summed E-state index contributed by atoms with van der Waals surface area (Å²) >= 11 is 6.32. The number of methoxy groups -OCH3 is 1. The van der Waals surface area contributed by atoms with E-state index in [-0.39, 0.29) is 18.9 Å².